The highest BCUT2D eigenvalue weighted by Crippen LogP contribution is 2.22. The molecule has 1 aromatic heterocycles. The van der Waals surface area contributed by atoms with Gasteiger partial charge in [-0.1, -0.05) is 6.92 Å². The maximum absolute atomic E-state index is 10.4. The fraction of sp³-hybridized carbons (Fsp3) is 0.818. The summed E-state index contributed by atoms with van der Waals surface area (Å²) in [5.74, 6) is 0.909. The van der Waals surface area contributed by atoms with E-state index in [0.29, 0.717) is 6.42 Å². The number of hydrogen-bond donors (Lipinski definition) is 2. The van der Waals surface area contributed by atoms with E-state index in [1.165, 1.54) is 0 Å². The van der Waals surface area contributed by atoms with Crippen molar-refractivity contribution in [2.75, 3.05) is 13.1 Å². The van der Waals surface area contributed by atoms with E-state index in [2.05, 4.69) is 22.3 Å². The van der Waals surface area contributed by atoms with Gasteiger partial charge in [0.2, 0.25) is 0 Å². The molecular formula is C11H20N4O. The van der Waals surface area contributed by atoms with Crippen LogP contribution in [-0.2, 0) is 13.0 Å². The molecule has 0 aromatic carbocycles. The van der Waals surface area contributed by atoms with E-state index in [1.54, 1.807) is 6.33 Å². The Morgan fingerprint density at radius 1 is 1.50 bits per heavy atom. The summed E-state index contributed by atoms with van der Waals surface area (Å²) in [5, 5.41) is 17.9. The fourth-order valence-corrected chi connectivity index (χ4v) is 2.19. The summed E-state index contributed by atoms with van der Waals surface area (Å²) in [4.78, 5) is 4.25. The van der Waals surface area contributed by atoms with Crippen molar-refractivity contribution in [1.29, 1.82) is 0 Å². The zero-order chi connectivity index (χ0) is 11.4. The minimum absolute atomic E-state index is 0.593. The molecular weight excluding hydrogens is 204 g/mol. The number of nitrogens with one attached hydrogen (secondary N) is 1. The van der Waals surface area contributed by atoms with Crippen LogP contribution in [0.5, 0.6) is 0 Å². The van der Waals surface area contributed by atoms with Crippen LogP contribution < -0.4 is 5.32 Å². The summed E-state index contributed by atoms with van der Waals surface area (Å²) in [5.41, 5.74) is -0.593. The maximum Gasteiger partial charge on any atom is 0.138 e. The standard InChI is InChI=1S/C11H20N4O/c1-2-7-15-10(13-9-14-15)8-11(16)3-5-12-6-4-11/h9,12,16H,2-8H2,1H3. The Hall–Kier alpha value is -0.940. The summed E-state index contributed by atoms with van der Waals surface area (Å²) in [7, 11) is 0. The molecule has 0 saturated carbocycles. The first-order valence-electron chi connectivity index (χ1n) is 6.03. The lowest BCUT2D eigenvalue weighted by Crippen LogP contribution is -2.44. The lowest BCUT2D eigenvalue weighted by atomic mass is 9.89. The molecule has 0 radical (unpaired) electrons. The normalized spacial score (nSPS) is 19.9. The first-order chi connectivity index (χ1) is 7.73. The van der Waals surface area contributed by atoms with Crippen LogP contribution in [0.25, 0.3) is 0 Å². The summed E-state index contributed by atoms with van der Waals surface area (Å²) >= 11 is 0. The summed E-state index contributed by atoms with van der Waals surface area (Å²) in [6.45, 7) is 4.77. The number of nitrogens with zero attached hydrogens (tertiary/aromatic N) is 3. The third-order valence-electron chi connectivity index (χ3n) is 3.15. The Balaban J connectivity index is 2.04. The predicted octanol–water partition coefficient (Wildman–Crippen LogP) is 0.345. The molecule has 1 aliphatic rings. The molecule has 0 amide bonds. The van der Waals surface area contributed by atoms with Crippen molar-refractivity contribution < 1.29 is 5.11 Å². The van der Waals surface area contributed by atoms with Crippen molar-refractivity contribution in [2.24, 2.45) is 0 Å². The Kier molecular flexibility index (Phi) is 3.56. The third-order valence-corrected chi connectivity index (χ3v) is 3.15. The number of aromatic nitrogens is 3. The second-order valence-corrected chi connectivity index (χ2v) is 4.55. The minimum Gasteiger partial charge on any atom is -0.389 e. The molecule has 0 atom stereocenters. The highest BCUT2D eigenvalue weighted by Gasteiger charge is 2.30. The summed E-state index contributed by atoms with van der Waals surface area (Å²) < 4.78 is 1.90. The van der Waals surface area contributed by atoms with Gasteiger partial charge in [0.25, 0.3) is 0 Å². The van der Waals surface area contributed by atoms with Gasteiger partial charge in [-0.05, 0) is 32.4 Å². The number of hydrogen-bond acceptors (Lipinski definition) is 4. The molecule has 1 aromatic rings. The van der Waals surface area contributed by atoms with Crippen molar-refractivity contribution in [3.05, 3.63) is 12.2 Å². The van der Waals surface area contributed by atoms with Crippen molar-refractivity contribution in [3.8, 4) is 0 Å². The molecule has 2 heterocycles. The van der Waals surface area contributed by atoms with Gasteiger partial charge in [0, 0.05) is 13.0 Å². The van der Waals surface area contributed by atoms with Crippen LogP contribution in [0.4, 0.5) is 0 Å². The van der Waals surface area contributed by atoms with Crippen molar-refractivity contribution in [1.82, 2.24) is 20.1 Å². The Morgan fingerprint density at radius 3 is 2.94 bits per heavy atom. The van der Waals surface area contributed by atoms with Gasteiger partial charge in [-0.25, -0.2) is 4.98 Å². The zero-order valence-corrected chi connectivity index (χ0v) is 9.82. The molecule has 90 valence electrons. The van der Waals surface area contributed by atoms with Crippen LogP contribution in [0.1, 0.15) is 32.0 Å². The molecule has 5 nitrogen and oxygen atoms in total. The molecule has 0 bridgehead atoms. The van der Waals surface area contributed by atoms with Gasteiger partial charge < -0.3 is 10.4 Å². The Bertz CT molecular complexity index is 330. The topological polar surface area (TPSA) is 63.0 Å². The molecule has 5 heteroatoms. The molecule has 1 saturated heterocycles. The Morgan fingerprint density at radius 2 is 2.25 bits per heavy atom. The molecule has 16 heavy (non-hydrogen) atoms. The van der Waals surface area contributed by atoms with Crippen LogP contribution in [0.15, 0.2) is 6.33 Å². The van der Waals surface area contributed by atoms with Gasteiger partial charge in [-0.3, -0.25) is 4.68 Å². The maximum atomic E-state index is 10.4. The number of aryl methyl sites for hydroxylation is 1. The molecule has 0 spiro atoms. The lowest BCUT2D eigenvalue weighted by molar-refractivity contribution is 0.00817. The van der Waals surface area contributed by atoms with Crippen molar-refractivity contribution >= 4 is 0 Å². The number of rotatable bonds is 4. The van der Waals surface area contributed by atoms with Crippen LogP contribution in [-0.4, -0.2) is 38.6 Å². The fourth-order valence-electron chi connectivity index (χ4n) is 2.19. The number of piperidine rings is 1. The van der Waals surface area contributed by atoms with Crippen LogP contribution in [0.2, 0.25) is 0 Å². The monoisotopic (exact) mass is 224 g/mol. The predicted molar refractivity (Wildman–Crippen MR) is 61.1 cm³/mol. The average Bonchev–Trinajstić information content (AvgIpc) is 2.67. The van der Waals surface area contributed by atoms with E-state index in [-0.39, 0.29) is 0 Å². The second kappa shape index (κ2) is 4.93. The first kappa shape index (κ1) is 11.5. The van der Waals surface area contributed by atoms with Gasteiger partial charge in [-0.2, -0.15) is 5.10 Å². The van der Waals surface area contributed by atoms with E-state index in [1.807, 2.05) is 4.68 Å². The third kappa shape index (κ3) is 2.59. The summed E-state index contributed by atoms with van der Waals surface area (Å²) in [6, 6.07) is 0. The first-order valence-corrected chi connectivity index (χ1v) is 6.03. The molecule has 2 N–H and O–H groups in total. The Labute approximate surface area is 95.9 Å². The van der Waals surface area contributed by atoms with Crippen molar-refractivity contribution in [2.45, 2.75) is 44.8 Å². The molecule has 2 rings (SSSR count). The van der Waals surface area contributed by atoms with E-state index in [9.17, 15) is 5.11 Å². The quantitative estimate of drug-likeness (QED) is 0.774. The highest BCUT2D eigenvalue weighted by molar-refractivity contribution is 4.96. The molecule has 1 fully saturated rings. The smallest absolute Gasteiger partial charge is 0.138 e. The van der Waals surface area contributed by atoms with Gasteiger partial charge in [0.1, 0.15) is 12.2 Å². The molecule has 0 unspecified atom stereocenters. The highest BCUT2D eigenvalue weighted by atomic mass is 16.3. The van der Waals surface area contributed by atoms with E-state index in [0.717, 1.165) is 44.7 Å². The van der Waals surface area contributed by atoms with Gasteiger partial charge in [-0.15, -0.1) is 0 Å². The van der Waals surface area contributed by atoms with Gasteiger partial charge in [0.05, 0.1) is 5.60 Å². The SMILES string of the molecule is CCCn1ncnc1CC1(O)CCNCC1. The molecule has 0 aliphatic carbocycles. The number of aliphatic hydroxyl groups is 1. The van der Waals surface area contributed by atoms with Gasteiger partial charge >= 0.3 is 0 Å². The van der Waals surface area contributed by atoms with Gasteiger partial charge in [0.15, 0.2) is 0 Å². The second-order valence-electron chi connectivity index (χ2n) is 4.55. The van der Waals surface area contributed by atoms with E-state index < -0.39 is 5.60 Å². The average molecular weight is 224 g/mol. The minimum atomic E-state index is -0.593. The lowest BCUT2D eigenvalue weighted by Gasteiger charge is -2.32. The van der Waals surface area contributed by atoms with Crippen molar-refractivity contribution in [3.63, 3.8) is 0 Å². The van der Waals surface area contributed by atoms with Crippen LogP contribution in [0.3, 0.4) is 0 Å². The van der Waals surface area contributed by atoms with Crippen LogP contribution >= 0.6 is 0 Å². The van der Waals surface area contributed by atoms with Crippen LogP contribution in [0, 0.1) is 0 Å². The molecule has 1 aliphatic heterocycles. The summed E-state index contributed by atoms with van der Waals surface area (Å²) in [6.07, 6.45) is 4.83. The van der Waals surface area contributed by atoms with E-state index >= 15 is 0 Å². The zero-order valence-electron chi connectivity index (χ0n) is 9.82. The largest absolute Gasteiger partial charge is 0.389 e. The van der Waals surface area contributed by atoms with E-state index in [4.69, 9.17) is 0 Å².